The Hall–Kier alpha value is -1.52. The van der Waals surface area contributed by atoms with Gasteiger partial charge in [-0.1, -0.05) is 22.0 Å². The van der Waals surface area contributed by atoms with Crippen LogP contribution in [0.15, 0.2) is 46.9 Å². The van der Waals surface area contributed by atoms with Crippen molar-refractivity contribution in [1.82, 2.24) is 4.90 Å². The Kier molecular flexibility index (Phi) is 4.46. The maximum absolute atomic E-state index is 5.87. The van der Waals surface area contributed by atoms with Gasteiger partial charge in [-0.05, 0) is 53.9 Å². The van der Waals surface area contributed by atoms with Gasteiger partial charge in [-0.3, -0.25) is 4.90 Å². The van der Waals surface area contributed by atoms with Gasteiger partial charge in [0.2, 0.25) is 0 Å². The van der Waals surface area contributed by atoms with Gasteiger partial charge in [0.1, 0.15) is 12.4 Å². The summed E-state index contributed by atoms with van der Waals surface area (Å²) in [6.07, 6.45) is 1.09. The zero-order valence-corrected chi connectivity index (χ0v) is 13.5. The summed E-state index contributed by atoms with van der Waals surface area (Å²) in [5, 5.41) is 0. The number of hydrogen-bond donors (Lipinski definition) is 1. The van der Waals surface area contributed by atoms with Gasteiger partial charge < -0.3 is 10.5 Å². The first-order valence-corrected chi connectivity index (χ1v) is 7.98. The van der Waals surface area contributed by atoms with Crippen molar-refractivity contribution in [3.8, 4) is 5.75 Å². The van der Waals surface area contributed by atoms with E-state index >= 15 is 0 Å². The van der Waals surface area contributed by atoms with Gasteiger partial charge in [0.15, 0.2) is 0 Å². The fourth-order valence-corrected chi connectivity index (χ4v) is 2.91. The predicted octanol–water partition coefficient (Wildman–Crippen LogP) is 3.47. The molecule has 21 heavy (non-hydrogen) atoms. The van der Waals surface area contributed by atoms with Crippen molar-refractivity contribution in [2.75, 3.05) is 25.4 Å². The molecule has 0 aromatic heterocycles. The zero-order chi connectivity index (χ0) is 14.7. The van der Waals surface area contributed by atoms with Crippen molar-refractivity contribution >= 4 is 21.6 Å². The fraction of sp³-hybridized carbons (Fsp3) is 0.294. The number of hydrogen-bond acceptors (Lipinski definition) is 3. The lowest BCUT2D eigenvalue weighted by Crippen LogP contribution is -2.33. The average Bonchev–Trinajstić information content (AvgIpc) is 2.49. The summed E-state index contributed by atoms with van der Waals surface area (Å²) in [5.41, 5.74) is 9.49. The maximum Gasteiger partial charge on any atom is 0.119 e. The minimum absolute atomic E-state index is 0.708. The quantitative estimate of drug-likeness (QED) is 0.861. The Morgan fingerprint density at radius 1 is 1.10 bits per heavy atom. The average molecular weight is 347 g/mol. The number of nitrogens with zero attached hydrogens (tertiary/aromatic N) is 1. The van der Waals surface area contributed by atoms with E-state index in [1.807, 2.05) is 30.3 Å². The van der Waals surface area contributed by atoms with Gasteiger partial charge >= 0.3 is 0 Å². The fourth-order valence-electron chi connectivity index (χ4n) is 2.65. The van der Waals surface area contributed by atoms with Gasteiger partial charge in [-0.25, -0.2) is 0 Å². The first-order chi connectivity index (χ1) is 10.2. The van der Waals surface area contributed by atoms with E-state index in [9.17, 15) is 0 Å². The summed E-state index contributed by atoms with van der Waals surface area (Å²) in [5.74, 6) is 0.917. The second-order valence-corrected chi connectivity index (χ2v) is 6.27. The molecular weight excluding hydrogens is 328 g/mol. The highest BCUT2D eigenvalue weighted by molar-refractivity contribution is 9.10. The van der Waals surface area contributed by atoms with E-state index in [0.717, 1.165) is 42.0 Å². The topological polar surface area (TPSA) is 38.5 Å². The highest BCUT2D eigenvalue weighted by Crippen LogP contribution is 2.21. The minimum Gasteiger partial charge on any atom is -0.492 e. The van der Waals surface area contributed by atoms with Crippen LogP contribution in [-0.2, 0) is 13.0 Å². The van der Waals surface area contributed by atoms with E-state index in [-0.39, 0.29) is 0 Å². The van der Waals surface area contributed by atoms with Crippen LogP contribution < -0.4 is 10.5 Å². The molecule has 2 aromatic carbocycles. The number of benzene rings is 2. The number of nitrogen functional groups attached to an aromatic ring is 1. The SMILES string of the molecule is Nc1ccc2c(c1)CN(CCOc1ccc(Br)cc1)CC2. The van der Waals surface area contributed by atoms with Crippen LogP contribution in [0.1, 0.15) is 11.1 Å². The first-order valence-electron chi connectivity index (χ1n) is 7.19. The molecule has 0 atom stereocenters. The van der Waals surface area contributed by atoms with Gasteiger partial charge in [-0.15, -0.1) is 0 Å². The number of nitrogens with two attached hydrogens (primary N) is 1. The summed E-state index contributed by atoms with van der Waals surface area (Å²) in [6.45, 7) is 3.69. The first kappa shape index (κ1) is 14.4. The molecule has 3 rings (SSSR count). The molecule has 3 nitrogen and oxygen atoms in total. The predicted molar refractivity (Wildman–Crippen MR) is 89.5 cm³/mol. The third kappa shape index (κ3) is 3.77. The van der Waals surface area contributed by atoms with Crippen LogP contribution in [0.2, 0.25) is 0 Å². The summed E-state index contributed by atoms with van der Waals surface area (Å²) in [7, 11) is 0. The largest absolute Gasteiger partial charge is 0.492 e. The summed E-state index contributed by atoms with van der Waals surface area (Å²) in [6, 6.07) is 14.2. The molecule has 1 aliphatic heterocycles. The summed E-state index contributed by atoms with van der Waals surface area (Å²) >= 11 is 3.42. The molecule has 0 fully saturated rings. The Morgan fingerprint density at radius 3 is 2.71 bits per heavy atom. The van der Waals surface area contributed by atoms with Crippen LogP contribution in [0.25, 0.3) is 0 Å². The van der Waals surface area contributed by atoms with Crippen molar-refractivity contribution in [2.45, 2.75) is 13.0 Å². The van der Waals surface area contributed by atoms with E-state index in [1.54, 1.807) is 0 Å². The molecule has 0 spiro atoms. The second-order valence-electron chi connectivity index (χ2n) is 5.36. The smallest absolute Gasteiger partial charge is 0.119 e. The van der Waals surface area contributed by atoms with Crippen LogP contribution >= 0.6 is 15.9 Å². The Morgan fingerprint density at radius 2 is 1.90 bits per heavy atom. The Bertz CT molecular complexity index is 613. The molecule has 2 N–H and O–H groups in total. The highest BCUT2D eigenvalue weighted by Gasteiger charge is 2.15. The number of fused-ring (bicyclic) bond motifs is 1. The minimum atomic E-state index is 0.708. The molecule has 0 amide bonds. The molecule has 0 saturated heterocycles. The van der Waals surface area contributed by atoms with Gasteiger partial charge in [0, 0.05) is 29.8 Å². The third-order valence-corrected chi connectivity index (χ3v) is 4.34. The molecule has 0 radical (unpaired) electrons. The molecule has 2 aromatic rings. The zero-order valence-electron chi connectivity index (χ0n) is 11.9. The van der Waals surface area contributed by atoms with Gasteiger partial charge in [-0.2, -0.15) is 0 Å². The van der Waals surface area contributed by atoms with Crippen LogP contribution in [0.4, 0.5) is 5.69 Å². The Balaban J connectivity index is 1.52. The molecule has 110 valence electrons. The van der Waals surface area contributed by atoms with E-state index in [4.69, 9.17) is 10.5 Å². The molecule has 0 saturated carbocycles. The summed E-state index contributed by atoms with van der Waals surface area (Å²) in [4.78, 5) is 2.42. The lowest BCUT2D eigenvalue weighted by molar-refractivity contribution is 0.196. The number of halogens is 1. The highest BCUT2D eigenvalue weighted by atomic mass is 79.9. The standard InChI is InChI=1S/C17H19BrN2O/c18-15-2-5-17(6-3-15)21-10-9-20-8-7-13-1-4-16(19)11-14(13)12-20/h1-6,11H,7-10,12,19H2. The number of rotatable bonds is 4. The lowest BCUT2D eigenvalue weighted by atomic mass is 9.99. The third-order valence-electron chi connectivity index (χ3n) is 3.81. The van der Waals surface area contributed by atoms with Crippen LogP contribution in [0, 0.1) is 0 Å². The normalized spacial score (nSPS) is 14.7. The molecule has 1 heterocycles. The summed E-state index contributed by atoms with van der Waals surface area (Å²) < 4.78 is 6.86. The number of ether oxygens (including phenoxy) is 1. The molecular formula is C17H19BrN2O. The van der Waals surface area contributed by atoms with Crippen molar-refractivity contribution in [2.24, 2.45) is 0 Å². The van der Waals surface area contributed by atoms with Crippen LogP contribution in [-0.4, -0.2) is 24.6 Å². The lowest BCUT2D eigenvalue weighted by Gasteiger charge is -2.28. The van der Waals surface area contributed by atoms with Crippen molar-refractivity contribution in [1.29, 1.82) is 0 Å². The van der Waals surface area contributed by atoms with Crippen molar-refractivity contribution < 1.29 is 4.74 Å². The maximum atomic E-state index is 5.87. The van der Waals surface area contributed by atoms with E-state index in [2.05, 4.69) is 33.0 Å². The van der Waals surface area contributed by atoms with Crippen molar-refractivity contribution in [3.05, 3.63) is 58.1 Å². The van der Waals surface area contributed by atoms with Crippen molar-refractivity contribution in [3.63, 3.8) is 0 Å². The molecule has 4 heteroatoms. The Labute approximate surface area is 133 Å². The van der Waals surface area contributed by atoms with E-state index < -0.39 is 0 Å². The van der Waals surface area contributed by atoms with E-state index in [0.29, 0.717) is 6.61 Å². The van der Waals surface area contributed by atoms with Gasteiger partial charge in [0.25, 0.3) is 0 Å². The van der Waals surface area contributed by atoms with Crippen LogP contribution in [0.3, 0.4) is 0 Å². The molecule has 0 unspecified atom stereocenters. The monoisotopic (exact) mass is 346 g/mol. The number of anilines is 1. The van der Waals surface area contributed by atoms with Gasteiger partial charge in [0.05, 0.1) is 0 Å². The van der Waals surface area contributed by atoms with E-state index in [1.165, 1.54) is 11.1 Å². The molecule has 0 aliphatic carbocycles. The van der Waals surface area contributed by atoms with Crippen LogP contribution in [0.5, 0.6) is 5.75 Å². The second kappa shape index (κ2) is 6.50. The molecule has 1 aliphatic rings. The molecule has 0 bridgehead atoms.